The number of amides is 1. The molecular weight excluding hydrogens is 214 g/mol. The highest BCUT2D eigenvalue weighted by Crippen LogP contribution is 2.18. The summed E-state index contributed by atoms with van der Waals surface area (Å²) in [7, 11) is 1.57. The number of benzene rings is 1. The van der Waals surface area contributed by atoms with Crippen LogP contribution in [0.15, 0.2) is 12.1 Å². The Labute approximate surface area is 92.8 Å². The van der Waals surface area contributed by atoms with Gasteiger partial charge in [-0.15, -0.1) is 0 Å². The maximum atomic E-state index is 13.1. The number of halogens is 2. The highest BCUT2D eigenvalue weighted by molar-refractivity contribution is 5.94. The molecule has 3 nitrogen and oxygen atoms in total. The van der Waals surface area contributed by atoms with Gasteiger partial charge in [-0.2, -0.15) is 0 Å². The summed E-state index contributed by atoms with van der Waals surface area (Å²) >= 11 is 0. The first-order valence-electron chi connectivity index (χ1n) is 4.86. The lowest BCUT2D eigenvalue weighted by Crippen LogP contribution is -2.33. The first kappa shape index (κ1) is 12.4. The number of rotatable bonds is 2. The van der Waals surface area contributed by atoms with Gasteiger partial charge in [-0.1, -0.05) is 0 Å². The highest BCUT2D eigenvalue weighted by atomic mass is 19.1. The van der Waals surface area contributed by atoms with Crippen molar-refractivity contribution in [2.75, 3.05) is 12.8 Å². The predicted molar refractivity (Wildman–Crippen MR) is 58.0 cm³/mol. The molecule has 0 unspecified atom stereocenters. The molecule has 0 aliphatic carbocycles. The summed E-state index contributed by atoms with van der Waals surface area (Å²) in [4.78, 5) is 13.1. The molecule has 0 aliphatic rings. The first-order chi connectivity index (χ1) is 7.34. The number of hydrogen-bond donors (Lipinski definition) is 1. The molecule has 1 amide bonds. The van der Waals surface area contributed by atoms with E-state index in [-0.39, 0.29) is 11.6 Å². The molecule has 5 heteroatoms. The maximum Gasteiger partial charge on any atom is 0.254 e. The van der Waals surface area contributed by atoms with Gasteiger partial charge in [0.2, 0.25) is 0 Å². The van der Waals surface area contributed by atoms with E-state index in [1.54, 1.807) is 7.05 Å². The lowest BCUT2D eigenvalue weighted by molar-refractivity contribution is 0.0754. The van der Waals surface area contributed by atoms with Crippen molar-refractivity contribution in [3.8, 4) is 0 Å². The second-order valence-corrected chi connectivity index (χ2v) is 3.86. The lowest BCUT2D eigenvalue weighted by atomic mass is 10.1. The van der Waals surface area contributed by atoms with Crippen molar-refractivity contribution in [3.63, 3.8) is 0 Å². The molecule has 88 valence electrons. The summed E-state index contributed by atoms with van der Waals surface area (Å²) < 4.78 is 26.3. The Morgan fingerprint density at radius 3 is 2.12 bits per heavy atom. The van der Waals surface area contributed by atoms with E-state index in [9.17, 15) is 13.6 Å². The molecule has 0 saturated carbocycles. The Bertz CT molecular complexity index is 395. The molecule has 0 atom stereocenters. The molecule has 0 spiro atoms. The smallest absolute Gasteiger partial charge is 0.254 e. The number of carbonyl (C=O) groups excluding carboxylic acids is 1. The lowest BCUT2D eigenvalue weighted by Gasteiger charge is -2.21. The highest BCUT2D eigenvalue weighted by Gasteiger charge is 2.17. The minimum atomic E-state index is -0.916. The number of nitrogen functional groups attached to an aromatic ring is 1. The third kappa shape index (κ3) is 2.29. The van der Waals surface area contributed by atoms with Crippen LogP contribution in [0.3, 0.4) is 0 Å². The van der Waals surface area contributed by atoms with Gasteiger partial charge >= 0.3 is 0 Å². The van der Waals surface area contributed by atoms with Crippen LogP contribution in [0.2, 0.25) is 0 Å². The first-order valence-corrected chi connectivity index (χ1v) is 4.86. The van der Waals surface area contributed by atoms with Crippen LogP contribution >= 0.6 is 0 Å². The van der Waals surface area contributed by atoms with Crippen molar-refractivity contribution in [3.05, 3.63) is 29.3 Å². The van der Waals surface area contributed by atoms with Crippen LogP contribution in [0.5, 0.6) is 0 Å². The maximum absolute atomic E-state index is 13.1. The number of carbonyl (C=O) groups is 1. The Morgan fingerprint density at radius 1 is 1.31 bits per heavy atom. The van der Waals surface area contributed by atoms with E-state index in [2.05, 4.69) is 0 Å². The van der Waals surface area contributed by atoms with E-state index in [1.165, 1.54) is 4.90 Å². The molecule has 1 rings (SSSR count). The van der Waals surface area contributed by atoms with E-state index in [0.717, 1.165) is 12.1 Å². The van der Waals surface area contributed by atoms with Crippen LogP contribution in [-0.2, 0) is 0 Å². The van der Waals surface area contributed by atoms with Crippen LogP contribution < -0.4 is 5.73 Å². The van der Waals surface area contributed by atoms with Gasteiger partial charge in [0.15, 0.2) is 0 Å². The summed E-state index contributed by atoms with van der Waals surface area (Å²) in [6.45, 7) is 3.61. The van der Waals surface area contributed by atoms with Gasteiger partial charge in [0.25, 0.3) is 5.91 Å². The molecule has 1 aromatic rings. The Balaban J connectivity index is 3.11. The summed E-state index contributed by atoms with van der Waals surface area (Å²) in [5.74, 6) is -2.27. The van der Waals surface area contributed by atoms with Crippen LogP contribution in [-0.4, -0.2) is 23.9 Å². The van der Waals surface area contributed by atoms with Gasteiger partial charge < -0.3 is 10.6 Å². The van der Waals surface area contributed by atoms with Crippen molar-refractivity contribution in [1.29, 1.82) is 0 Å². The van der Waals surface area contributed by atoms with Crippen molar-refractivity contribution in [1.82, 2.24) is 4.90 Å². The molecule has 0 radical (unpaired) electrons. The fraction of sp³-hybridized carbons (Fsp3) is 0.364. The second-order valence-electron chi connectivity index (χ2n) is 3.86. The van der Waals surface area contributed by atoms with Gasteiger partial charge in [-0.3, -0.25) is 4.79 Å². The average Bonchev–Trinajstić information content (AvgIpc) is 2.22. The normalized spacial score (nSPS) is 10.6. The standard InChI is InChI=1S/C11H14F2N2O/c1-6(2)15(3)11(16)7-4-8(12)10(14)9(13)5-7/h4-6H,14H2,1-3H3. The SMILES string of the molecule is CC(C)N(C)C(=O)c1cc(F)c(N)c(F)c1. The summed E-state index contributed by atoms with van der Waals surface area (Å²) in [6, 6.07) is 1.84. The summed E-state index contributed by atoms with van der Waals surface area (Å²) in [5.41, 5.74) is 4.50. The zero-order valence-electron chi connectivity index (χ0n) is 9.42. The van der Waals surface area contributed by atoms with E-state index in [4.69, 9.17) is 5.73 Å². The third-order valence-corrected chi connectivity index (χ3v) is 2.42. The molecular formula is C11H14F2N2O. The number of anilines is 1. The number of nitrogens with zero attached hydrogens (tertiary/aromatic N) is 1. The average molecular weight is 228 g/mol. The fourth-order valence-corrected chi connectivity index (χ4v) is 1.15. The zero-order valence-corrected chi connectivity index (χ0v) is 9.42. The van der Waals surface area contributed by atoms with Gasteiger partial charge in [-0.05, 0) is 26.0 Å². The third-order valence-electron chi connectivity index (χ3n) is 2.42. The molecule has 0 fully saturated rings. The second kappa shape index (κ2) is 4.47. The largest absolute Gasteiger partial charge is 0.394 e. The molecule has 0 aliphatic heterocycles. The molecule has 2 N–H and O–H groups in total. The minimum Gasteiger partial charge on any atom is -0.394 e. The monoisotopic (exact) mass is 228 g/mol. The number of nitrogens with two attached hydrogens (primary N) is 1. The quantitative estimate of drug-likeness (QED) is 0.787. The van der Waals surface area contributed by atoms with E-state index >= 15 is 0 Å². The van der Waals surface area contributed by atoms with Crippen LogP contribution in [0.25, 0.3) is 0 Å². The predicted octanol–water partition coefficient (Wildman–Crippen LogP) is 2.03. The summed E-state index contributed by atoms with van der Waals surface area (Å²) in [5, 5.41) is 0. The van der Waals surface area contributed by atoms with Crippen molar-refractivity contribution in [2.45, 2.75) is 19.9 Å². The zero-order chi connectivity index (χ0) is 12.5. The van der Waals surface area contributed by atoms with E-state index < -0.39 is 23.2 Å². The Hall–Kier alpha value is -1.65. The van der Waals surface area contributed by atoms with E-state index in [1.807, 2.05) is 13.8 Å². The summed E-state index contributed by atoms with van der Waals surface area (Å²) in [6.07, 6.45) is 0. The molecule has 16 heavy (non-hydrogen) atoms. The van der Waals surface area contributed by atoms with Crippen molar-refractivity contribution < 1.29 is 13.6 Å². The number of hydrogen-bond acceptors (Lipinski definition) is 2. The van der Waals surface area contributed by atoms with Gasteiger partial charge in [0, 0.05) is 18.7 Å². The van der Waals surface area contributed by atoms with Crippen molar-refractivity contribution in [2.24, 2.45) is 0 Å². The van der Waals surface area contributed by atoms with E-state index in [0.29, 0.717) is 0 Å². The molecule has 1 aromatic carbocycles. The minimum absolute atomic E-state index is 0.0413. The molecule has 0 aromatic heterocycles. The van der Waals surface area contributed by atoms with Gasteiger partial charge in [-0.25, -0.2) is 8.78 Å². The Kier molecular flexibility index (Phi) is 3.47. The van der Waals surface area contributed by atoms with Gasteiger partial charge in [0.1, 0.15) is 17.3 Å². The van der Waals surface area contributed by atoms with Crippen LogP contribution in [0.1, 0.15) is 24.2 Å². The van der Waals surface area contributed by atoms with Crippen LogP contribution in [0.4, 0.5) is 14.5 Å². The molecule has 0 saturated heterocycles. The van der Waals surface area contributed by atoms with Gasteiger partial charge in [0.05, 0.1) is 0 Å². The van der Waals surface area contributed by atoms with Crippen molar-refractivity contribution >= 4 is 11.6 Å². The Morgan fingerprint density at radius 2 is 1.75 bits per heavy atom. The molecule has 0 bridgehead atoms. The topological polar surface area (TPSA) is 46.3 Å². The fourth-order valence-electron chi connectivity index (χ4n) is 1.15. The van der Waals surface area contributed by atoms with Crippen LogP contribution in [0, 0.1) is 11.6 Å². The molecule has 0 heterocycles.